The summed E-state index contributed by atoms with van der Waals surface area (Å²) in [5.41, 5.74) is 7.05. The lowest BCUT2D eigenvalue weighted by molar-refractivity contribution is -0.114. The molecule has 5 nitrogen and oxygen atoms in total. The first-order valence-corrected chi connectivity index (χ1v) is 11.7. The molecule has 1 amide bonds. The summed E-state index contributed by atoms with van der Waals surface area (Å²) in [6.45, 7) is 6.07. The van der Waals surface area contributed by atoms with Gasteiger partial charge in [-0.05, 0) is 61.7 Å². The van der Waals surface area contributed by atoms with Crippen LogP contribution in [0, 0.1) is 26.2 Å². The number of carbonyl (C=O) groups is 1. The van der Waals surface area contributed by atoms with Gasteiger partial charge >= 0.3 is 0 Å². The van der Waals surface area contributed by atoms with Gasteiger partial charge < -0.3 is 4.57 Å². The molecule has 2 aromatic carbocycles. The Hall–Kier alpha value is -3.35. The van der Waals surface area contributed by atoms with Crippen LogP contribution in [-0.4, -0.2) is 26.4 Å². The molecule has 7 heteroatoms. The quantitative estimate of drug-likeness (QED) is 0.451. The molecule has 164 valence electrons. The minimum absolute atomic E-state index is 0.133. The van der Waals surface area contributed by atoms with Crippen molar-refractivity contribution in [2.75, 3.05) is 0 Å². The Morgan fingerprint density at radius 1 is 1.06 bits per heavy atom. The molecule has 2 aliphatic heterocycles. The molecule has 1 N–H and O–H groups in total. The molecule has 3 aromatic rings. The van der Waals surface area contributed by atoms with Gasteiger partial charge in [-0.1, -0.05) is 59.8 Å². The van der Waals surface area contributed by atoms with Gasteiger partial charge in [0.1, 0.15) is 5.84 Å². The van der Waals surface area contributed by atoms with Crippen LogP contribution in [0.5, 0.6) is 0 Å². The normalized spacial score (nSPS) is 16.8. The Bertz CT molecular complexity index is 1420. The summed E-state index contributed by atoms with van der Waals surface area (Å²) in [5.74, 6) is -0.265. The van der Waals surface area contributed by atoms with Crippen LogP contribution in [0.1, 0.15) is 28.1 Å². The third kappa shape index (κ3) is 3.65. The lowest BCUT2D eigenvalue weighted by Crippen LogP contribution is -2.38. The maximum Gasteiger partial charge on any atom is 0.283 e. The van der Waals surface area contributed by atoms with Crippen LogP contribution in [0.4, 0.5) is 0 Å². The Balaban J connectivity index is 1.57. The number of benzene rings is 2. The van der Waals surface area contributed by atoms with Crippen molar-refractivity contribution in [2.45, 2.75) is 20.8 Å². The third-order valence-electron chi connectivity index (χ3n) is 5.87. The van der Waals surface area contributed by atoms with E-state index in [1.807, 2.05) is 80.8 Å². The molecular weight excluding hydrogens is 452 g/mol. The number of carbonyl (C=O) groups excluding carboxylic acids is 1. The number of hydrogen-bond donors (Lipinski definition) is 1. The number of amidine groups is 2. The maximum absolute atomic E-state index is 12.9. The molecule has 0 radical (unpaired) electrons. The standard InChI is InChI=1S/C26H21ClN4OS/c1-15-9-10-20(27)13-22(15)30-16(2)11-19(17(30)3)12-21-24(28)31-23(18-7-5-4-6-8-18)14-33-26(31)29-25(21)32/h4-14,28H,1-3H3. The first-order valence-electron chi connectivity index (χ1n) is 10.5. The van der Waals surface area contributed by atoms with Gasteiger partial charge in [0.15, 0.2) is 5.17 Å². The third-order valence-corrected chi connectivity index (χ3v) is 6.93. The SMILES string of the molecule is Cc1ccc(Cl)cc1-n1c(C)cc(C=C2C(=N)N3C(c4ccccc4)=CSC3=NC2=O)c1C. The molecule has 0 saturated carbocycles. The topological polar surface area (TPSA) is 61.5 Å². The second-order valence-electron chi connectivity index (χ2n) is 8.02. The predicted octanol–water partition coefficient (Wildman–Crippen LogP) is 6.36. The zero-order chi connectivity index (χ0) is 23.3. The molecule has 0 spiro atoms. The van der Waals surface area contributed by atoms with E-state index in [-0.39, 0.29) is 11.4 Å². The number of fused-ring (bicyclic) bond motifs is 1. The van der Waals surface area contributed by atoms with Gasteiger partial charge in [-0.3, -0.25) is 15.1 Å². The van der Waals surface area contributed by atoms with Crippen molar-refractivity contribution in [1.82, 2.24) is 9.47 Å². The van der Waals surface area contributed by atoms with Crippen LogP contribution >= 0.6 is 23.4 Å². The van der Waals surface area contributed by atoms with E-state index in [2.05, 4.69) is 9.56 Å². The fourth-order valence-electron chi connectivity index (χ4n) is 4.20. The number of amides is 1. The molecule has 0 unspecified atom stereocenters. The molecule has 33 heavy (non-hydrogen) atoms. The van der Waals surface area contributed by atoms with Crippen molar-refractivity contribution >= 4 is 52.0 Å². The highest BCUT2D eigenvalue weighted by Crippen LogP contribution is 2.37. The lowest BCUT2D eigenvalue weighted by atomic mass is 10.1. The van der Waals surface area contributed by atoms with Crippen molar-refractivity contribution in [3.05, 3.63) is 98.7 Å². The van der Waals surface area contributed by atoms with Crippen LogP contribution in [-0.2, 0) is 4.79 Å². The molecule has 3 heterocycles. The van der Waals surface area contributed by atoms with E-state index in [1.165, 1.54) is 11.8 Å². The average Bonchev–Trinajstić information content (AvgIpc) is 3.34. The van der Waals surface area contributed by atoms with E-state index in [1.54, 1.807) is 11.0 Å². The Morgan fingerprint density at radius 2 is 1.82 bits per heavy atom. The fourth-order valence-corrected chi connectivity index (χ4v) is 5.25. The summed E-state index contributed by atoms with van der Waals surface area (Å²) in [6.07, 6.45) is 1.77. The molecule has 5 rings (SSSR count). The number of nitrogens with zero attached hydrogens (tertiary/aromatic N) is 3. The number of thioether (sulfide) groups is 1. The molecule has 2 aliphatic rings. The molecular formula is C26H21ClN4OS. The maximum atomic E-state index is 12.9. The van der Waals surface area contributed by atoms with Crippen molar-refractivity contribution in [1.29, 1.82) is 5.41 Å². The number of halogens is 1. The van der Waals surface area contributed by atoms with E-state index in [0.717, 1.165) is 39.5 Å². The molecule has 0 aliphatic carbocycles. The molecule has 0 saturated heterocycles. The van der Waals surface area contributed by atoms with E-state index in [9.17, 15) is 4.79 Å². The van der Waals surface area contributed by atoms with Gasteiger partial charge in [0.2, 0.25) is 0 Å². The van der Waals surface area contributed by atoms with Gasteiger partial charge in [-0.15, -0.1) is 0 Å². The van der Waals surface area contributed by atoms with E-state index in [0.29, 0.717) is 10.2 Å². The van der Waals surface area contributed by atoms with Crippen molar-refractivity contribution in [3.63, 3.8) is 0 Å². The summed E-state index contributed by atoms with van der Waals surface area (Å²) in [6, 6.07) is 17.7. The van der Waals surface area contributed by atoms with Crippen molar-refractivity contribution in [3.8, 4) is 5.69 Å². The number of aromatic nitrogens is 1. The van der Waals surface area contributed by atoms with Gasteiger partial charge in [-0.2, -0.15) is 4.99 Å². The summed E-state index contributed by atoms with van der Waals surface area (Å²) in [7, 11) is 0. The Kier molecular flexibility index (Phi) is 5.35. The summed E-state index contributed by atoms with van der Waals surface area (Å²) in [4.78, 5) is 18.9. The van der Waals surface area contributed by atoms with Crippen LogP contribution in [0.3, 0.4) is 0 Å². The molecule has 1 aromatic heterocycles. The van der Waals surface area contributed by atoms with Crippen molar-refractivity contribution in [2.24, 2.45) is 4.99 Å². The highest BCUT2D eigenvalue weighted by molar-refractivity contribution is 8.17. The smallest absolute Gasteiger partial charge is 0.283 e. The van der Waals surface area contributed by atoms with E-state index < -0.39 is 5.91 Å². The number of nitrogens with one attached hydrogen (secondary N) is 1. The Morgan fingerprint density at radius 3 is 2.58 bits per heavy atom. The van der Waals surface area contributed by atoms with Crippen LogP contribution < -0.4 is 0 Å². The van der Waals surface area contributed by atoms with Gasteiger partial charge in [0, 0.05) is 27.5 Å². The number of aliphatic imine (C=N–C) groups is 1. The van der Waals surface area contributed by atoms with Gasteiger partial charge in [0.25, 0.3) is 5.91 Å². The summed E-state index contributed by atoms with van der Waals surface area (Å²) < 4.78 is 2.13. The van der Waals surface area contributed by atoms with Crippen LogP contribution in [0.25, 0.3) is 17.5 Å². The van der Waals surface area contributed by atoms with Gasteiger partial charge in [-0.25, -0.2) is 0 Å². The minimum Gasteiger partial charge on any atom is -0.318 e. The first-order chi connectivity index (χ1) is 15.8. The highest BCUT2D eigenvalue weighted by Gasteiger charge is 2.36. The molecule has 0 bridgehead atoms. The summed E-state index contributed by atoms with van der Waals surface area (Å²) >= 11 is 7.63. The second kappa shape index (κ2) is 8.21. The molecule has 0 fully saturated rings. The Labute approximate surface area is 201 Å². The van der Waals surface area contributed by atoms with Crippen LogP contribution in [0.2, 0.25) is 5.02 Å². The second-order valence-corrected chi connectivity index (χ2v) is 9.29. The van der Waals surface area contributed by atoms with E-state index in [4.69, 9.17) is 17.0 Å². The zero-order valence-electron chi connectivity index (χ0n) is 18.4. The highest BCUT2D eigenvalue weighted by atomic mass is 35.5. The molecule has 0 atom stereocenters. The van der Waals surface area contributed by atoms with Crippen molar-refractivity contribution < 1.29 is 4.79 Å². The average molecular weight is 473 g/mol. The number of aryl methyl sites for hydroxylation is 2. The zero-order valence-corrected chi connectivity index (χ0v) is 20.0. The van der Waals surface area contributed by atoms with E-state index >= 15 is 0 Å². The first kappa shape index (κ1) is 21.5. The fraction of sp³-hybridized carbons (Fsp3) is 0.115. The predicted molar refractivity (Wildman–Crippen MR) is 137 cm³/mol. The minimum atomic E-state index is -0.398. The largest absolute Gasteiger partial charge is 0.318 e. The number of rotatable bonds is 3. The van der Waals surface area contributed by atoms with Gasteiger partial charge in [0.05, 0.1) is 11.3 Å². The lowest BCUT2D eigenvalue weighted by Gasteiger charge is -2.26. The number of hydrogen-bond acceptors (Lipinski definition) is 3. The summed E-state index contributed by atoms with van der Waals surface area (Å²) in [5, 5.41) is 12.0. The monoisotopic (exact) mass is 472 g/mol. The van der Waals surface area contributed by atoms with Crippen LogP contribution in [0.15, 0.2) is 70.6 Å².